The normalized spacial score (nSPS) is 14.4. The maximum absolute atomic E-state index is 12.5. The molecule has 1 aliphatic rings. The fourth-order valence-electron chi connectivity index (χ4n) is 3.61. The van der Waals surface area contributed by atoms with E-state index in [4.69, 9.17) is 9.72 Å². The van der Waals surface area contributed by atoms with Crippen LogP contribution >= 0.6 is 0 Å². The van der Waals surface area contributed by atoms with Gasteiger partial charge in [-0.3, -0.25) is 9.78 Å². The highest BCUT2D eigenvalue weighted by Gasteiger charge is 2.25. The molecule has 1 fully saturated rings. The number of para-hydroxylation sites is 1. The molecule has 154 valence electrons. The summed E-state index contributed by atoms with van der Waals surface area (Å²) in [6.45, 7) is 1.47. The van der Waals surface area contributed by atoms with Crippen LogP contribution in [0.25, 0.3) is 11.4 Å². The van der Waals surface area contributed by atoms with Gasteiger partial charge in [0.05, 0.1) is 0 Å². The number of carbonyl (C=O) groups excluding carboxylic acids is 1. The van der Waals surface area contributed by atoms with Gasteiger partial charge in [-0.05, 0) is 37.1 Å². The number of hydrogen-bond donors (Lipinski definition) is 1. The van der Waals surface area contributed by atoms with Crippen molar-refractivity contribution >= 4 is 11.7 Å². The SMILES string of the molecule is CNc1cc(C2CCN(C(=O)COc3ccccc3)CC2)nc(-c2ccncc2)n1. The van der Waals surface area contributed by atoms with E-state index < -0.39 is 0 Å². The van der Waals surface area contributed by atoms with Crippen molar-refractivity contribution in [3.05, 3.63) is 66.6 Å². The van der Waals surface area contributed by atoms with Gasteiger partial charge in [-0.2, -0.15) is 0 Å². The fourth-order valence-corrected chi connectivity index (χ4v) is 3.61. The molecule has 2 aromatic heterocycles. The van der Waals surface area contributed by atoms with Gasteiger partial charge in [-0.15, -0.1) is 0 Å². The average molecular weight is 403 g/mol. The quantitative estimate of drug-likeness (QED) is 0.680. The van der Waals surface area contributed by atoms with Gasteiger partial charge in [0, 0.05) is 55.8 Å². The molecular formula is C23H25N5O2. The molecule has 0 spiro atoms. The summed E-state index contributed by atoms with van der Waals surface area (Å²) in [7, 11) is 1.86. The number of nitrogens with one attached hydrogen (secondary N) is 1. The van der Waals surface area contributed by atoms with Crippen LogP contribution in [0.3, 0.4) is 0 Å². The monoisotopic (exact) mass is 403 g/mol. The number of aromatic nitrogens is 3. The summed E-state index contributed by atoms with van der Waals surface area (Å²) in [5, 5.41) is 3.13. The van der Waals surface area contributed by atoms with E-state index >= 15 is 0 Å². The smallest absolute Gasteiger partial charge is 0.260 e. The van der Waals surface area contributed by atoms with Gasteiger partial charge in [0.2, 0.25) is 0 Å². The third-order valence-electron chi connectivity index (χ3n) is 5.31. The second-order valence-corrected chi connectivity index (χ2v) is 7.24. The molecular weight excluding hydrogens is 378 g/mol. The number of nitrogens with zero attached hydrogens (tertiary/aromatic N) is 4. The second kappa shape index (κ2) is 9.35. The Balaban J connectivity index is 1.39. The van der Waals surface area contributed by atoms with E-state index in [0.29, 0.717) is 30.6 Å². The Bertz CT molecular complexity index is 973. The molecule has 3 heterocycles. The number of ether oxygens (including phenoxy) is 1. The lowest BCUT2D eigenvalue weighted by Gasteiger charge is -2.32. The molecule has 0 unspecified atom stereocenters. The molecule has 0 atom stereocenters. The summed E-state index contributed by atoms with van der Waals surface area (Å²) in [5.41, 5.74) is 1.95. The molecule has 30 heavy (non-hydrogen) atoms. The first-order valence-corrected chi connectivity index (χ1v) is 10.2. The van der Waals surface area contributed by atoms with Crippen LogP contribution in [0.5, 0.6) is 5.75 Å². The number of carbonyl (C=O) groups is 1. The molecule has 1 aromatic carbocycles. The summed E-state index contributed by atoms with van der Waals surface area (Å²) < 4.78 is 5.60. The fraction of sp³-hybridized carbons (Fsp3) is 0.304. The average Bonchev–Trinajstić information content (AvgIpc) is 2.83. The van der Waals surface area contributed by atoms with Gasteiger partial charge in [0.1, 0.15) is 11.6 Å². The minimum absolute atomic E-state index is 0.0216. The van der Waals surface area contributed by atoms with Crippen LogP contribution in [0.15, 0.2) is 60.9 Å². The minimum atomic E-state index is 0.0216. The Hall–Kier alpha value is -3.48. The summed E-state index contributed by atoms with van der Waals surface area (Å²) in [5.74, 6) is 2.51. The first-order valence-electron chi connectivity index (χ1n) is 10.2. The van der Waals surface area contributed by atoms with Gasteiger partial charge < -0.3 is 15.0 Å². The van der Waals surface area contributed by atoms with Crippen molar-refractivity contribution in [3.8, 4) is 17.1 Å². The largest absolute Gasteiger partial charge is 0.484 e. The first-order chi connectivity index (χ1) is 14.7. The third kappa shape index (κ3) is 4.74. The molecule has 7 heteroatoms. The highest BCUT2D eigenvalue weighted by Crippen LogP contribution is 2.29. The highest BCUT2D eigenvalue weighted by atomic mass is 16.5. The van der Waals surface area contributed by atoms with Gasteiger partial charge >= 0.3 is 0 Å². The molecule has 0 radical (unpaired) electrons. The zero-order valence-electron chi connectivity index (χ0n) is 17.0. The van der Waals surface area contributed by atoms with E-state index in [1.54, 1.807) is 12.4 Å². The Morgan fingerprint density at radius 1 is 1.10 bits per heavy atom. The van der Waals surface area contributed by atoms with Crippen LogP contribution in [-0.2, 0) is 4.79 Å². The maximum atomic E-state index is 12.5. The zero-order valence-corrected chi connectivity index (χ0v) is 17.0. The van der Waals surface area contributed by atoms with Gasteiger partial charge in [-0.1, -0.05) is 18.2 Å². The standard InChI is InChI=1S/C23H25N5O2/c1-24-21-15-20(26-23(27-21)18-7-11-25-12-8-18)17-9-13-28(14-10-17)22(29)16-30-19-5-3-2-4-6-19/h2-8,11-12,15,17H,9-10,13-14,16H2,1H3,(H,24,26,27). The van der Waals surface area contributed by atoms with Crippen LogP contribution in [0.2, 0.25) is 0 Å². The van der Waals surface area contributed by atoms with Crippen LogP contribution in [-0.4, -0.2) is 52.5 Å². The lowest BCUT2D eigenvalue weighted by atomic mass is 9.93. The van der Waals surface area contributed by atoms with Crippen molar-refractivity contribution in [2.24, 2.45) is 0 Å². The number of amides is 1. The topological polar surface area (TPSA) is 80.2 Å². The van der Waals surface area contributed by atoms with E-state index in [0.717, 1.165) is 29.9 Å². The number of benzene rings is 1. The van der Waals surface area contributed by atoms with Crippen LogP contribution in [0.4, 0.5) is 5.82 Å². The van der Waals surface area contributed by atoms with E-state index in [1.165, 1.54) is 0 Å². The molecule has 1 saturated heterocycles. The molecule has 7 nitrogen and oxygen atoms in total. The van der Waals surface area contributed by atoms with Gasteiger partial charge in [0.25, 0.3) is 5.91 Å². The molecule has 0 aliphatic carbocycles. The molecule has 4 rings (SSSR count). The number of likely N-dealkylation sites (tertiary alicyclic amines) is 1. The number of pyridine rings is 1. The van der Waals surface area contributed by atoms with Crippen molar-refractivity contribution in [1.82, 2.24) is 19.9 Å². The van der Waals surface area contributed by atoms with Crippen molar-refractivity contribution in [2.45, 2.75) is 18.8 Å². The van der Waals surface area contributed by atoms with Crippen LogP contribution in [0, 0.1) is 0 Å². The van der Waals surface area contributed by atoms with E-state index in [9.17, 15) is 4.79 Å². The molecule has 0 bridgehead atoms. The van der Waals surface area contributed by atoms with Crippen molar-refractivity contribution < 1.29 is 9.53 Å². The van der Waals surface area contributed by atoms with E-state index in [1.807, 2.05) is 60.5 Å². The highest BCUT2D eigenvalue weighted by molar-refractivity contribution is 5.77. The van der Waals surface area contributed by atoms with Crippen LogP contribution < -0.4 is 10.1 Å². The molecule has 1 aliphatic heterocycles. The maximum Gasteiger partial charge on any atom is 0.260 e. The van der Waals surface area contributed by atoms with E-state index in [-0.39, 0.29) is 12.5 Å². The Morgan fingerprint density at radius 3 is 2.53 bits per heavy atom. The predicted octanol–water partition coefficient (Wildman–Crippen LogP) is 3.37. The summed E-state index contributed by atoms with van der Waals surface area (Å²) in [6, 6.07) is 15.2. The Kier molecular flexibility index (Phi) is 6.17. The van der Waals surface area contributed by atoms with Gasteiger partial charge in [-0.25, -0.2) is 9.97 Å². The number of hydrogen-bond acceptors (Lipinski definition) is 6. The summed E-state index contributed by atoms with van der Waals surface area (Å²) in [4.78, 5) is 27.9. The van der Waals surface area contributed by atoms with Crippen molar-refractivity contribution in [2.75, 3.05) is 32.1 Å². The summed E-state index contributed by atoms with van der Waals surface area (Å²) in [6.07, 6.45) is 5.22. The molecule has 1 N–H and O–H groups in total. The molecule has 3 aromatic rings. The third-order valence-corrected chi connectivity index (χ3v) is 5.31. The zero-order chi connectivity index (χ0) is 20.8. The lowest BCUT2D eigenvalue weighted by Crippen LogP contribution is -2.40. The lowest BCUT2D eigenvalue weighted by molar-refractivity contribution is -0.134. The van der Waals surface area contributed by atoms with Crippen molar-refractivity contribution in [3.63, 3.8) is 0 Å². The van der Waals surface area contributed by atoms with Crippen LogP contribution in [0.1, 0.15) is 24.5 Å². The number of anilines is 1. The minimum Gasteiger partial charge on any atom is -0.484 e. The number of rotatable bonds is 6. The Labute approximate surface area is 176 Å². The van der Waals surface area contributed by atoms with Gasteiger partial charge in [0.15, 0.2) is 12.4 Å². The second-order valence-electron chi connectivity index (χ2n) is 7.24. The molecule has 1 amide bonds. The first kappa shape index (κ1) is 19.8. The number of piperidine rings is 1. The summed E-state index contributed by atoms with van der Waals surface area (Å²) >= 11 is 0. The Morgan fingerprint density at radius 2 is 1.83 bits per heavy atom. The molecule has 0 saturated carbocycles. The van der Waals surface area contributed by atoms with Crippen molar-refractivity contribution in [1.29, 1.82) is 0 Å². The predicted molar refractivity (Wildman–Crippen MR) is 115 cm³/mol. The van der Waals surface area contributed by atoms with E-state index in [2.05, 4.69) is 15.3 Å².